The Morgan fingerprint density at radius 1 is 0.897 bits per heavy atom. The number of hydrogen-bond acceptors (Lipinski definition) is 8. The van der Waals surface area contributed by atoms with E-state index >= 15 is 0 Å². The molecule has 0 atom stereocenters. The van der Waals surface area contributed by atoms with Crippen molar-refractivity contribution >= 4 is 49.7 Å². The quantitative estimate of drug-likeness (QED) is 0.651. The second-order valence-corrected chi connectivity index (χ2v) is 10.3. The van der Waals surface area contributed by atoms with Crippen LogP contribution in [-0.4, -0.2) is 33.1 Å². The molecule has 0 spiro atoms. The molecular weight excluding hydrogens is 436 g/mol. The average molecular weight is 457 g/mol. The number of benzene rings is 1. The smallest absolute Gasteiger partial charge is 0.288 e. The molecular formula is C18H20N2O6S3. The van der Waals surface area contributed by atoms with E-state index in [1.165, 1.54) is 26.0 Å². The van der Waals surface area contributed by atoms with Gasteiger partial charge in [0.2, 0.25) is 5.91 Å². The predicted octanol–water partition coefficient (Wildman–Crippen LogP) is 2.41. The van der Waals surface area contributed by atoms with E-state index in [1.54, 1.807) is 19.1 Å². The van der Waals surface area contributed by atoms with Crippen LogP contribution in [0, 0.1) is 6.92 Å². The van der Waals surface area contributed by atoms with Gasteiger partial charge in [-0.15, -0.1) is 0 Å². The fraction of sp³-hybridized carbons (Fsp3) is 0.333. The first-order valence-electron chi connectivity index (χ1n) is 8.42. The summed E-state index contributed by atoms with van der Waals surface area (Å²) in [6, 6.07) is 5.93. The molecule has 0 saturated carbocycles. The number of imidazole rings is 1. The lowest BCUT2D eigenvalue weighted by Crippen LogP contribution is -2.32. The molecule has 0 fully saturated rings. The molecule has 0 N–H and O–H groups in total. The van der Waals surface area contributed by atoms with E-state index in [1.807, 2.05) is 0 Å². The summed E-state index contributed by atoms with van der Waals surface area (Å²) in [4.78, 5) is 47.9. The minimum absolute atomic E-state index is 0.000255. The van der Waals surface area contributed by atoms with Crippen molar-refractivity contribution in [1.82, 2.24) is 8.54 Å². The summed E-state index contributed by atoms with van der Waals surface area (Å²) in [6.07, 6.45) is 0. The molecule has 0 bridgehead atoms. The monoisotopic (exact) mass is 456 g/mol. The highest BCUT2D eigenvalue weighted by atomic mass is 32.2. The Bertz CT molecular complexity index is 1130. The largest absolute Gasteiger partial charge is 0.349 e. The molecule has 1 heterocycles. The van der Waals surface area contributed by atoms with Crippen LogP contribution in [0.15, 0.2) is 34.0 Å². The van der Waals surface area contributed by atoms with Crippen molar-refractivity contribution in [3.05, 3.63) is 51.7 Å². The first-order chi connectivity index (χ1) is 13.5. The standard InChI is InChI=1S/C18H20N2O6S3/c1-11-5-7-15(8-6-11)29(25,26)20-17(10-28-14(4)23)16(9-27-13(3)22)19(12(2)21)18(20)24/h5-8H,9-10H2,1-4H3. The van der Waals surface area contributed by atoms with Crippen LogP contribution >= 0.6 is 23.5 Å². The highest BCUT2D eigenvalue weighted by Gasteiger charge is 2.30. The van der Waals surface area contributed by atoms with Gasteiger partial charge >= 0.3 is 5.69 Å². The number of rotatable bonds is 6. The van der Waals surface area contributed by atoms with Crippen molar-refractivity contribution in [2.24, 2.45) is 0 Å². The molecule has 11 heteroatoms. The highest BCUT2D eigenvalue weighted by Crippen LogP contribution is 2.25. The van der Waals surface area contributed by atoms with E-state index in [0.717, 1.165) is 40.6 Å². The maximum atomic E-state index is 13.2. The van der Waals surface area contributed by atoms with E-state index in [4.69, 9.17) is 0 Å². The summed E-state index contributed by atoms with van der Waals surface area (Å²) in [5, 5.41) is -0.538. The van der Waals surface area contributed by atoms with Gasteiger partial charge in [-0.2, -0.15) is 3.97 Å². The van der Waals surface area contributed by atoms with Crippen LogP contribution in [0.2, 0.25) is 0 Å². The summed E-state index contributed by atoms with van der Waals surface area (Å²) in [5.41, 5.74) is -0.119. The van der Waals surface area contributed by atoms with Crippen molar-refractivity contribution in [2.45, 2.75) is 44.1 Å². The minimum Gasteiger partial charge on any atom is -0.288 e. The first-order valence-corrected chi connectivity index (χ1v) is 11.8. The Kier molecular flexibility index (Phi) is 7.30. The second-order valence-electron chi connectivity index (χ2n) is 6.17. The SMILES string of the molecule is CC(=O)SCc1c(CSC(C)=O)n(S(=O)(=O)c2ccc(C)cc2)c(=O)n1C(C)=O. The summed E-state index contributed by atoms with van der Waals surface area (Å²) < 4.78 is 27.8. The lowest BCUT2D eigenvalue weighted by atomic mass is 10.2. The van der Waals surface area contributed by atoms with Crippen molar-refractivity contribution in [2.75, 3.05) is 0 Å². The maximum absolute atomic E-state index is 13.2. The Morgan fingerprint density at radius 2 is 1.38 bits per heavy atom. The lowest BCUT2D eigenvalue weighted by Gasteiger charge is -2.10. The van der Waals surface area contributed by atoms with Gasteiger partial charge in [0, 0.05) is 32.3 Å². The Balaban J connectivity index is 2.81. The van der Waals surface area contributed by atoms with Crippen LogP contribution in [-0.2, 0) is 31.1 Å². The number of nitrogens with zero attached hydrogens (tertiary/aromatic N) is 2. The molecule has 1 aromatic carbocycles. The van der Waals surface area contributed by atoms with Gasteiger partial charge in [0.05, 0.1) is 16.3 Å². The summed E-state index contributed by atoms with van der Waals surface area (Å²) in [7, 11) is -4.33. The first kappa shape index (κ1) is 23.2. The van der Waals surface area contributed by atoms with Crippen molar-refractivity contribution < 1.29 is 22.8 Å². The number of aryl methyl sites for hydroxylation is 1. The Labute approximate surface area is 176 Å². The fourth-order valence-electron chi connectivity index (χ4n) is 2.59. The molecule has 1 aromatic heterocycles. The second kappa shape index (κ2) is 9.14. The van der Waals surface area contributed by atoms with Gasteiger partial charge in [0.15, 0.2) is 10.2 Å². The molecule has 0 aliphatic heterocycles. The summed E-state index contributed by atoms with van der Waals surface area (Å²) >= 11 is 1.65. The average Bonchev–Trinajstić information content (AvgIpc) is 2.90. The van der Waals surface area contributed by atoms with Crippen molar-refractivity contribution in [1.29, 1.82) is 0 Å². The molecule has 0 amide bonds. The molecule has 0 unspecified atom stereocenters. The van der Waals surface area contributed by atoms with Crippen molar-refractivity contribution in [3.8, 4) is 0 Å². The van der Waals surface area contributed by atoms with Gasteiger partial charge in [-0.1, -0.05) is 41.2 Å². The number of aromatic nitrogens is 2. The Hall–Kier alpha value is -2.11. The fourth-order valence-corrected chi connectivity index (χ4v) is 5.38. The summed E-state index contributed by atoms with van der Waals surface area (Å²) in [5.74, 6) is -0.890. The maximum Gasteiger partial charge on any atom is 0.349 e. The van der Waals surface area contributed by atoms with Gasteiger partial charge in [-0.05, 0) is 19.1 Å². The van der Waals surface area contributed by atoms with Crippen LogP contribution in [0.1, 0.15) is 42.5 Å². The number of carbonyl (C=O) groups excluding carboxylic acids is 3. The van der Waals surface area contributed by atoms with Crippen LogP contribution in [0.25, 0.3) is 0 Å². The topological polar surface area (TPSA) is 112 Å². The van der Waals surface area contributed by atoms with E-state index in [0.29, 0.717) is 3.97 Å². The molecule has 29 heavy (non-hydrogen) atoms. The third-order valence-corrected chi connectivity index (χ3v) is 7.29. The van der Waals surface area contributed by atoms with E-state index in [-0.39, 0.29) is 38.0 Å². The zero-order chi connectivity index (χ0) is 21.9. The van der Waals surface area contributed by atoms with Crippen LogP contribution in [0.5, 0.6) is 0 Å². The van der Waals surface area contributed by atoms with Gasteiger partial charge in [-0.3, -0.25) is 14.4 Å². The lowest BCUT2D eigenvalue weighted by molar-refractivity contribution is -0.109. The molecule has 8 nitrogen and oxygen atoms in total. The van der Waals surface area contributed by atoms with Crippen molar-refractivity contribution in [3.63, 3.8) is 0 Å². The molecule has 0 aliphatic carbocycles. The molecule has 0 saturated heterocycles. The molecule has 0 radical (unpaired) electrons. The zero-order valence-electron chi connectivity index (χ0n) is 16.3. The Morgan fingerprint density at radius 3 is 1.83 bits per heavy atom. The van der Waals surface area contributed by atoms with E-state index < -0.39 is 21.6 Å². The van der Waals surface area contributed by atoms with Crippen LogP contribution < -0.4 is 5.69 Å². The van der Waals surface area contributed by atoms with Gasteiger partial charge < -0.3 is 0 Å². The van der Waals surface area contributed by atoms with Gasteiger partial charge in [0.1, 0.15) is 0 Å². The molecule has 0 aliphatic rings. The third-order valence-electron chi connectivity index (χ3n) is 3.91. The highest BCUT2D eigenvalue weighted by molar-refractivity contribution is 8.13. The molecule has 156 valence electrons. The minimum atomic E-state index is -4.33. The van der Waals surface area contributed by atoms with E-state index in [9.17, 15) is 27.6 Å². The third kappa shape index (κ3) is 5.09. The zero-order valence-corrected chi connectivity index (χ0v) is 18.7. The van der Waals surface area contributed by atoms with Gasteiger partial charge in [-0.25, -0.2) is 17.8 Å². The predicted molar refractivity (Wildman–Crippen MR) is 113 cm³/mol. The normalized spacial score (nSPS) is 11.4. The van der Waals surface area contributed by atoms with Gasteiger partial charge in [0.25, 0.3) is 10.0 Å². The van der Waals surface area contributed by atoms with Crippen LogP contribution in [0.3, 0.4) is 0 Å². The van der Waals surface area contributed by atoms with Crippen LogP contribution in [0.4, 0.5) is 0 Å². The number of thioether (sulfide) groups is 2. The molecule has 2 aromatic rings. The van der Waals surface area contributed by atoms with E-state index in [2.05, 4.69) is 0 Å². The summed E-state index contributed by atoms with van der Waals surface area (Å²) in [6.45, 7) is 5.56. The molecule has 2 rings (SSSR count). The number of carbonyl (C=O) groups is 3. The number of hydrogen-bond donors (Lipinski definition) is 0.